The monoisotopic (exact) mass is 318 g/mol. The first-order valence-electron chi connectivity index (χ1n) is 8.06. The van der Waals surface area contributed by atoms with E-state index in [2.05, 4.69) is 45.6 Å². The average Bonchev–Trinajstić information content (AvgIpc) is 3.03. The lowest BCUT2D eigenvalue weighted by atomic mass is 9.94. The van der Waals surface area contributed by atoms with Gasteiger partial charge in [-0.2, -0.15) is 0 Å². The minimum Gasteiger partial charge on any atom is -0.318 e. The number of halogens is 1. The summed E-state index contributed by atoms with van der Waals surface area (Å²) in [7, 11) is 0. The van der Waals surface area contributed by atoms with E-state index in [0.717, 1.165) is 30.5 Å². The van der Waals surface area contributed by atoms with Crippen LogP contribution >= 0.6 is 11.6 Å². The smallest absolute Gasteiger partial charge is 0.137 e. The van der Waals surface area contributed by atoms with Crippen molar-refractivity contribution in [1.82, 2.24) is 19.7 Å². The summed E-state index contributed by atoms with van der Waals surface area (Å²) in [4.78, 5) is 2.54. The summed E-state index contributed by atoms with van der Waals surface area (Å²) >= 11 is 6.14. The fourth-order valence-electron chi connectivity index (χ4n) is 3.37. The molecule has 2 aromatic rings. The Morgan fingerprint density at radius 1 is 1.41 bits per heavy atom. The molecule has 1 aromatic carbocycles. The fourth-order valence-corrected chi connectivity index (χ4v) is 3.57. The zero-order chi connectivity index (χ0) is 15.5. The molecule has 5 heteroatoms. The molecule has 4 nitrogen and oxygen atoms in total. The molecular formula is C17H23ClN4. The Bertz CT molecular complexity index is 625. The van der Waals surface area contributed by atoms with Gasteiger partial charge in [0.2, 0.25) is 0 Å². The van der Waals surface area contributed by atoms with Crippen molar-refractivity contribution in [2.45, 2.75) is 45.2 Å². The topological polar surface area (TPSA) is 34.0 Å². The van der Waals surface area contributed by atoms with E-state index in [4.69, 9.17) is 11.6 Å². The highest BCUT2D eigenvalue weighted by molar-refractivity contribution is 6.30. The molecule has 1 fully saturated rings. The van der Waals surface area contributed by atoms with Crippen LogP contribution in [0.25, 0.3) is 0 Å². The Kier molecular flexibility index (Phi) is 4.79. The maximum atomic E-state index is 6.14. The van der Waals surface area contributed by atoms with Gasteiger partial charge in [-0.15, -0.1) is 10.2 Å². The number of hydrogen-bond acceptors (Lipinski definition) is 3. The van der Waals surface area contributed by atoms with E-state index in [0.29, 0.717) is 12.0 Å². The van der Waals surface area contributed by atoms with Crippen LogP contribution in [0.15, 0.2) is 30.6 Å². The zero-order valence-corrected chi connectivity index (χ0v) is 14.0. The molecule has 1 aliphatic heterocycles. The highest BCUT2D eigenvalue weighted by atomic mass is 35.5. The lowest BCUT2D eigenvalue weighted by Crippen LogP contribution is -2.37. The van der Waals surface area contributed by atoms with Gasteiger partial charge in [0.25, 0.3) is 0 Å². The second-order valence-electron chi connectivity index (χ2n) is 6.04. The van der Waals surface area contributed by atoms with Crippen molar-refractivity contribution in [3.05, 3.63) is 47.0 Å². The summed E-state index contributed by atoms with van der Waals surface area (Å²) in [6.45, 7) is 7.50. The maximum absolute atomic E-state index is 6.14. The third-order valence-electron chi connectivity index (χ3n) is 4.68. The van der Waals surface area contributed by atoms with Crippen molar-refractivity contribution in [2.75, 3.05) is 13.1 Å². The molecule has 0 radical (unpaired) electrons. The molecule has 2 atom stereocenters. The van der Waals surface area contributed by atoms with Crippen LogP contribution < -0.4 is 0 Å². The van der Waals surface area contributed by atoms with Gasteiger partial charge in [-0.3, -0.25) is 4.90 Å². The van der Waals surface area contributed by atoms with Crippen LogP contribution in [0.4, 0.5) is 0 Å². The molecule has 1 saturated heterocycles. The summed E-state index contributed by atoms with van der Waals surface area (Å²) in [6.07, 6.45) is 4.23. The average molecular weight is 319 g/mol. The van der Waals surface area contributed by atoms with Gasteiger partial charge in [-0.05, 0) is 50.9 Å². The standard InChI is InChI=1S/C17H23ClN4/c1-3-21-12-19-20-17(21)15-7-5-9-22(11-15)13(2)14-6-4-8-16(18)10-14/h4,6,8,10,12-13,15H,3,5,7,9,11H2,1-2H3. The Hall–Kier alpha value is -1.39. The largest absolute Gasteiger partial charge is 0.318 e. The first-order valence-corrected chi connectivity index (χ1v) is 8.44. The normalized spacial score (nSPS) is 21.0. The second kappa shape index (κ2) is 6.80. The molecule has 0 aliphatic carbocycles. The summed E-state index contributed by atoms with van der Waals surface area (Å²) in [5.74, 6) is 1.60. The number of rotatable bonds is 4. The van der Waals surface area contributed by atoms with Crippen LogP contribution in [-0.2, 0) is 6.54 Å². The minimum absolute atomic E-state index is 0.375. The third kappa shape index (κ3) is 3.18. The molecule has 0 saturated carbocycles. The van der Waals surface area contributed by atoms with Gasteiger partial charge in [0.05, 0.1) is 0 Å². The van der Waals surface area contributed by atoms with Gasteiger partial charge in [-0.25, -0.2) is 0 Å². The molecule has 0 N–H and O–H groups in total. The molecule has 1 aromatic heterocycles. The number of aryl methyl sites for hydroxylation is 1. The maximum Gasteiger partial charge on any atom is 0.137 e. The molecular weight excluding hydrogens is 296 g/mol. The van der Waals surface area contributed by atoms with Gasteiger partial charge in [0.15, 0.2) is 0 Å². The van der Waals surface area contributed by atoms with Crippen molar-refractivity contribution >= 4 is 11.6 Å². The molecule has 2 heterocycles. The van der Waals surface area contributed by atoms with E-state index in [1.807, 2.05) is 18.5 Å². The highest BCUT2D eigenvalue weighted by Crippen LogP contribution is 2.31. The molecule has 0 spiro atoms. The van der Waals surface area contributed by atoms with Crippen molar-refractivity contribution < 1.29 is 0 Å². The molecule has 118 valence electrons. The molecule has 1 aliphatic rings. The lowest BCUT2D eigenvalue weighted by Gasteiger charge is -2.36. The number of hydrogen-bond donors (Lipinski definition) is 0. The van der Waals surface area contributed by atoms with E-state index in [1.54, 1.807) is 0 Å². The van der Waals surface area contributed by atoms with Gasteiger partial charge in [-0.1, -0.05) is 23.7 Å². The SMILES string of the molecule is CCn1cnnc1C1CCCN(C(C)c2cccc(Cl)c2)C1. The predicted octanol–water partition coefficient (Wildman–Crippen LogP) is 3.89. The van der Waals surface area contributed by atoms with Crippen LogP contribution in [0.5, 0.6) is 0 Å². The Morgan fingerprint density at radius 3 is 3.05 bits per heavy atom. The predicted molar refractivity (Wildman–Crippen MR) is 89.1 cm³/mol. The Balaban J connectivity index is 1.75. The van der Waals surface area contributed by atoms with E-state index in [1.165, 1.54) is 18.4 Å². The first kappa shape index (κ1) is 15.5. The zero-order valence-electron chi connectivity index (χ0n) is 13.2. The van der Waals surface area contributed by atoms with Crippen LogP contribution in [0, 0.1) is 0 Å². The van der Waals surface area contributed by atoms with E-state index >= 15 is 0 Å². The number of benzene rings is 1. The third-order valence-corrected chi connectivity index (χ3v) is 4.92. The minimum atomic E-state index is 0.375. The quantitative estimate of drug-likeness (QED) is 0.857. The Labute approximate surface area is 137 Å². The summed E-state index contributed by atoms with van der Waals surface area (Å²) in [5.41, 5.74) is 1.28. The molecule has 0 bridgehead atoms. The second-order valence-corrected chi connectivity index (χ2v) is 6.48. The van der Waals surface area contributed by atoms with Crippen LogP contribution in [0.2, 0.25) is 5.02 Å². The van der Waals surface area contributed by atoms with E-state index in [9.17, 15) is 0 Å². The summed E-state index contributed by atoms with van der Waals surface area (Å²) in [5, 5.41) is 9.25. The van der Waals surface area contributed by atoms with E-state index < -0.39 is 0 Å². The van der Waals surface area contributed by atoms with Gasteiger partial charge in [0, 0.05) is 30.1 Å². The number of piperidine rings is 1. The summed E-state index contributed by atoms with van der Waals surface area (Å²) < 4.78 is 2.16. The van der Waals surface area contributed by atoms with Crippen molar-refractivity contribution in [3.8, 4) is 0 Å². The highest BCUT2D eigenvalue weighted by Gasteiger charge is 2.28. The number of nitrogens with zero attached hydrogens (tertiary/aromatic N) is 4. The van der Waals surface area contributed by atoms with Crippen LogP contribution in [0.3, 0.4) is 0 Å². The van der Waals surface area contributed by atoms with E-state index in [-0.39, 0.29) is 0 Å². The molecule has 0 amide bonds. The molecule has 2 unspecified atom stereocenters. The lowest BCUT2D eigenvalue weighted by molar-refractivity contribution is 0.154. The van der Waals surface area contributed by atoms with Gasteiger partial charge >= 0.3 is 0 Å². The van der Waals surface area contributed by atoms with Crippen LogP contribution in [0.1, 0.15) is 50.0 Å². The van der Waals surface area contributed by atoms with Crippen molar-refractivity contribution in [1.29, 1.82) is 0 Å². The van der Waals surface area contributed by atoms with Crippen molar-refractivity contribution in [3.63, 3.8) is 0 Å². The summed E-state index contributed by atoms with van der Waals surface area (Å²) in [6, 6.07) is 8.57. The van der Waals surface area contributed by atoms with Gasteiger partial charge in [0.1, 0.15) is 12.2 Å². The first-order chi connectivity index (χ1) is 10.7. The number of aromatic nitrogens is 3. The van der Waals surface area contributed by atoms with Crippen molar-refractivity contribution in [2.24, 2.45) is 0 Å². The fraction of sp³-hybridized carbons (Fsp3) is 0.529. The molecule has 3 rings (SSSR count). The van der Waals surface area contributed by atoms with Crippen LogP contribution in [-0.4, -0.2) is 32.8 Å². The number of likely N-dealkylation sites (tertiary alicyclic amines) is 1. The van der Waals surface area contributed by atoms with Gasteiger partial charge < -0.3 is 4.57 Å². The Morgan fingerprint density at radius 2 is 2.27 bits per heavy atom. The molecule has 22 heavy (non-hydrogen) atoms.